The molecule has 3 aromatic carbocycles. The quantitative estimate of drug-likeness (QED) is 0.193. The van der Waals surface area contributed by atoms with Crippen molar-refractivity contribution in [3.8, 4) is 11.4 Å². The standard InChI is InChI=1S/C38H43N3O2/c1-26-9-6-7-14-33(26)36-40-34(35(41(36)2)15-16-38-21-28-17-29(22-38)19-30(18-28)23-38)24-39-32-13-8-12-31(20-32)37(42)43-25-27-10-4-3-5-11-27/h3-14,20,28-30,39H,15-19,21-25H2,1-2H3. The van der Waals surface area contributed by atoms with E-state index in [9.17, 15) is 4.79 Å². The van der Waals surface area contributed by atoms with Gasteiger partial charge >= 0.3 is 5.97 Å². The predicted octanol–water partition coefficient (Wildman–Crippen LogP) is 8.51. The van der Waals surface area contributed by atoms with E-state index >= 15 is 0 Å². The zero-order valence-electron chi connectivity index (χ0n) is 25.5. The molecule has 4 fully saturated rings. The first kappa shape index (κ1) is 27.9. The molecule has 1 heterocycles. The molecule has 5 heteroatoms. The molecule has 4 aliphatic rings. The lowest BCUT2D eigenvalue weighted by molar-refractivity contribution is -0.0571. The van der Waals surface area contributed by atoms with E-state index < -0.39 is 0 Å². The smallest absolute Gasteiger partial charge is 0.338 e. The average Bonchev–Trinajstić information content (AvgIpc) is 3.32. The van der Waals surface area contributed by atoms with Gasteiger partial charge in [-0.3, -0.25) is 0 Å². The van der Waals surface area contributed by atoms with Gasteiger partial charge in [0.15, 0.2) is 0 Å². The van der Waals surface area contributed by atoms with E-state index in [1.807, 2.05) is 54.6 Å². The van der Waals surface area contributed by atoms with E-state index in [2.05, 4.69) is 48.1 Å². The molecule has 4 saturated carbocycles. The summed E-state index contributed by atoms with van der Waals surface area (Å²) in [5, 5.41) is 3.59. The third-order valence-electron chi connectivity index (χ3n) is 10.5. The topological polar surface area (TPSA) is 56.1 Å². The van der Waals surface area contributed by atoms with Crippen molar-refractivity contribution < 1.29 is 9.53 Å². The van der Waals surface area contributed by atoms with Crippen LogP contribution in [0, 0.1) is 30.1 Å². The Hall–Kier alpha value is -3.86. The van der Waals surface area contributed by atoms with Crippen LogP contribution in [0.4, 0.5) is 5.69 Å². The number of imidazole rings is 1. The van der Waals surface area contributed by atoms with E-state index in [0.717, 1.165) is 46.9 Å². The molecule has 5 nitrogen and oxygen atoms in total. The molecule has 4 aliphatic carbocycles. The van der Waals surface area contributed by atoms with Gasteiger partial charge < -0.3 is 14.6 Å². The third-order valence-corrected chi connectivity index (χ3v) is 10.5. The zero-order chi connectivity index (χ0) is 29.4. The second-order valence-electron chi connectivity index (χ2n) is 13.6. The summed E-state index contributed by atoms with van der Waals surface area (Å²) >= 11 is 0. The molecule has 8 rings (SSSR count). The Morgan fingerprint density at radius 3 is 2.35 bits per heavy atom. The van der Waals surface area contributed by atoms with Gasteiger partial charge in [0.05, 0.1) is 17.8 Å². The van der Waals surface area contributed by atoms with Crippen molar-refractivity contribution in [3.63, 3.8) is 0 Å². The van der Waals surface area contributed by atoms with Gasteiger partial charge in [-0.25, -0.2) is 9.78 Å². The van der Waals surface area contributed by atoms with Gasteiger partial charge in [-0.2, -0.15) is 0 Å². The average molecular weight is 574 g/mol. The molecular weight excluding hydrogens is 530 g/mol. The number of nitrogens with one attached hydrogen (secondary N) is 1. The summed E-state index contributed by atoms with van der Waals surface area (Å²) in [5.74, 6) is 3.62. The first-order valence-corrected chi connectivity index (χ1v) is 16.1. The highest BCUT2D eigenvalue weighted by molar-refractivity contribution is 5.90. The number of hydrogen-bond acceptors (Lipinski definition) is 4. The highest BCUT2D eigenvalue weighted by Gasteiger charge is 2.50. The van der Waals surface area contributed by atoms with Crippen LogP contribution in [0.1, 0.15) is 77.8 Å². The molecule has 4 aromatic rings. The minimum Gasteiger partial charge on any atom is -0.457 e. The molecule has 0 spiro atoms. The molecule has 0 atom stereocenters. The first-order chi connectivity index (χ1) is 20.9. The Kier molecular flexibility index (Phi) is 7.58. The van der Waals surface area contributed by atoms with E-state index in [1.165, 1.54) is 61.8 Å². The number of nitrogens with zero attached hydrogens (tertiary/aromatic N) is 2. The molecule has 0 amide bonds. The number of esters is 1. The maximum Gasteiger partial charge on any atom is 0.338 e. The van der Waals surface area contributed by atoms with Gasteiger partial charge in [0.25, 0.3) is 0 Å². The summed E-state index contributed by atoms with van der Waals surface area (Å²) in [6.07, 6.45) is 11.1. The zero-order valence-corrected chi connectivity index (χ0v) is 25.5. The van der Waals surface area contributed by atoms with Crippen molar-refractivity contribution in [2.75, 3.05) is 5.32 Å². The maximum absolute atomic E-state index is 12.8. The summed E-state index contributed by atoms with van der Waals surface area (Å²) < 4.78 is 7.92. The number of aryl methyl sites for hydroxylation is 1. The second-order valence-corrected chi connectivity index (χ2v) is 13.6. The SMILES string of the molecule is Cc1ccccc1-c1nc(CNc2cccc(C(=O)OCc3ccccc3)c2)c(CCC23CC4CC(CC(C4)C2)C3)n1C. The van der Waals surface area contributed by atoms with Crippen LogP contribution in [0.3, 0.4) is 0 Å². The fraction of sp³-hybridized carbons (Fsp3) is 0.421. The number of benzene rings is 3. The normalized spacial score (nSPS) is 23.8. The largest absolute Gasteiger partial charge is 0.457 e. The number of anilines is 1. The monoisotopic (exact) mass is 573 g/mol. The number of aromatic nitrogens is 2. The Morgan fingerprint density at radius 1 is 0.930 bits per heavy atom. The van der Waals surface area contributed by atoms with Crippen molar-refractivity contribution in [2.45, 2.75) is 71.4 Å². The van der Waals surface area contributed by atoms with Crippen molar-refractivity contribution >= 4 is 11.7 Å². The van der Waals surface area contributed by atoms with Gasteiger partial charge in [0.1, 0.15) is 12.4 Å². The Labute approximate surface area is 255 Å². The number of hydrogen-bond donors (Lipinski definition) is 1. The molecule has 0 unspecified atom stereocenters. The predicted molar refractivity (Wildman–Crippen MR) is 172 cm³/mol. The van der Waals surface area contributed by atoms with Crippen LogP contribution in [0.25, 0.3) is 11.4 Å². The molecule has 222 valence electrons. The summed E-state index contributed by atoms with van der Waals surface area (Å²) in [6, 6.07) is 25.9. The lowest BCUT2D eigenvalue weighted by Gasteiger charge is -2.57. The van der Waals surface area contributed by atoms with Gasteiger partial charge in [0, 0.05) is 24.0 Å². The second kappa shape index (κ2) is 11.7. The summed E-state index contributed by atoms with van der Waals surface area (Å²) in [7, 11) is 2.19. The lowest BCUT2D eigenvalue weighted by atomic mass is 9.48. The van der Waals surface area contributed by atoms with Crippen molar-refractivity contribution in [2.24, 2.45) is 30.2 Å². The summed E-state index contributed by atoms with van der Waals surface area (Å²) in [5.41, 5.74) is 7.81. The number of carbonyl (C=O) groups excluding carboxylic acids is 1. The van der Waals surface area contributed by atoms with Crippen LogP contribution in [-0.2, 0) is 31.4 Å². The minimum absolute atomic E-state index is 0.264. The van der Waals surface area contributed by atoms with Crippen molar-refractivity contribution in [1.29, 1.82) is 0 Å². The lowest BCUT2D eigenvalue weighted by Crippen LogP contribution is -2.46. The summed E-state index contributed by atoms with van der Waals surface area (Å²) in [6.45, 7) is 3.04. The van der Waals surface area contributed by atoms with Crippen molar-refractivity contribution in [3.05, 3.63) is 107 Å². The number of rotatable bonds is 10. The highest BCUT2D eigenvalue weighted by Crippen LogP contribution is 2.61. The highest BCUT2D eigenvalue weighted by atomic mass is 16.5. The molecule has 43 heavy (non-hydrogen) atoms. The van der Waals surface area contributed by atoms with Gasteiger partial charge in [-0.05, 0) is 111 Å². The molecule has 1 N–H and O–H groups in total. The molecule has 0 saturated heterocycles. The Morgan fingerprint density at radius 2 is 1.63 bits per heavy atom. The van der Waals surface area contributed by atoms with Gasteiger partial charge in [-0.15, -0.1) is 0 Å². The van der Waals surface area contributed by atoms with Gasteiger partial charge in [-0.1, -0.05) is 60.7 Å². The minimum atomic E-state index is -0.316. The van der Waals surface area contributed by atoms with Crippen LogP contribution >= 0.6 is 0 Å². The van der Waals surface area contributed by atoms with Gasteiger partial charge in [0.2, 0.25) is 0 Å². The Bertz CT molecular complexity index is 1570. The fourth-order valence-electron chi connectivity index (χ4n) is 8.84. The number of carbonyl (C=O) groups is 1. The van der Waals surface area contributed by atoms with E-state index in [0.29, 0.717) is 17.5 Å². The molecule has 0 radical (unpaired) electrons. The number of ether oxygens (including phenoxy) is 1. The van der Waals surface area contributed by atoms with E-state index in [1.54, 1.807) is 0 Å². The molecule has 4 bridgehead atoms. The van der Waals surface area contributed by atoms with E-state index in [4.69, 9.17) is 9.72 Å². The van der Waals surface area contributed by atoms with Crippen LogP contribution in [-0.4, -0.2) is 15.5 Å². The van der Waals surface area contributed by atoms with Crippen LogP contribution in [0.5, 0.6) is 0 Å². The first-order valence-electron chi connectivity index (χ1n) is 16.1. The van der Waals surface area contributed by atoms with Crippen molar-refractivity contribution in [1.82, 2.24) is 9.55 Å². The molecular formula is C38H43N3O2. The Balaban J connectivity index is 1.10. The van der Waals surface area contributed by atoms with Crippen LogP contribution in [0.2, 0.25) is 0 Å². The fourth-order valence-corrected chi connectivity index (χ4v) is 8.84. The molecule has 0 aliphatic heterocycles. The summed E-state index contributed by atoms with van der Waals surface area (Å²) in [4.78, 5) is 18.1. The van der Waals surface area contributed by atoms with Crippen LogP contribution in [0.15, 0.2) is 78.9 Å². The molecule has 1 aromatic heterocycles. The third kappa shape index (κ3) is 5.87. The van der Waals surface area contributed by atoms with Crippen LogP contribution < -0.4 is 5.32 Å². The van der Waals surface area contributed by atoms with E-state index in [-0.39, 0.29) is 12.6 Å². The maximum atomic E-state index is 12.8.